The lowest BCUT2D eigenvalue weighted by atomic mass is 10.1. The van der Waals surface area contributed by atoms with Crippen molar-refractivity contribution < 1.29 is 28.6 Å². The second kappa shape index (κ2) is 7.74. The predicted molar refractivity (Wildman–Crippen MR) is 95.9 cm³/mol. The summed E-state index contributed by atoms with van der Waals surface area (Å²) in [6.07, 6.45) is 0. The van der Waals surface area contributed by atoms with E-state index in [-0.39, 0.29) is 30.3 Å². The molecule has 0 spiro atoms. The lowest BCUT2D eigenvalue weighted by Gasteiger charge is -2.09. The molecule has 0 amide bonds. The first-order chi connectivity index (χ1) is 12.9. The molecule has 138 valence electrons. The van der Waals surface area contributed by atoms with Crippen LogP contribution in [0.1, 0.15) is 22.8 Å². The van der Waals surface area contributed by atoms with Gasteiger partial charge in [-0.15, -0.1) is 0 Å². The van der Waals surface area contributed by atoms with Gasteiger partial charge in [0.05, 0.1) is 0 Å². The van der Waals surface area contributed by atoms with Crippen LogP contribution in [0.15, 0.2) is 57.7 Å². The Morgan fingerprint density at radius 1 is 1.11 bits per heavy atom. The third-order valence-electron chi connectivity index (χ3n) is 3.80. The van der Waals surface area contributed by atoms with Gasteiger partial charge in [-0.25, -0.2) is 9.59 Å². The highest BCUT2D eigenvalue weighted by molar-refractivity contribution is 5.94. The number of aromatic hydroxyl groups is 1. The maximum atomic E-state index is 11.9. The van der Waals surface area contributed by atoms with Crippen LogP contribution >= 0.6 is 0 Å². The van der Waals surface area contributed by atoms with Crippen LogP contribution in [-0.4, -0.2) is 23.5 Å². The molecule has 0 saturated carbocycles. The predicted octanol–water partition coefficient (Wildman–Crippen LogP) is 2.82. The number of ketones is 1. The minimum Gasteiger partial charge on any atom is -0.508 e. The Morgan fingerprint density at radius 2 is 1.93 bits per heavy atom. The Bertz CT molecular complexity index is 1070. The van der Waals surface area contributed by atoms with Gasteiger partial charge >= 0.3 is 11.6 Å². The van der Waals surface area contributed by atoms with Crippen LogP contribution in [0.3, 0.4) is 0 Å². The van der Waals surface area contributed by atoms with Crippen LogP contribution in [0.4, 0.5) is 0 Å². The summed E-state index contributed by atoms with van der Waals surface area (Å²) in [4.78, 5) is 34.9. The fourth-order valence-electron chi connectivity index (χ4n) is 2.49. The van der Waals surface area contributed by atoms with E-state index >= 15 is 0 Å². The quantitative estimate of drug-likeness (QED) is 0.405. The highest BCUT2D eigenvalue weighted by atomic mass is 16.6. The van der Waals surface area contributed by atoms with Crippen molar-refractivity contribution in [3.63, 3.8) is 0 Å². The molecule has 1 N–H and O–H groups in total. The minimum atomic E-state index is -0.636. The van der Waals surface area contributed by atoms with Crippen molar-refractivity contribution in [2.75, 3.05) is 6.61 Å². The summed E-state index contributed by atoms with van der Waals surface area (Å²) in [7, 11) is 0. The van der Waals surface area contributed by atoms with Crippen molar-refractivity contribution in [3.8, 4) is 11.5 Å². The largest absolute Gasteiger partial charge is 0.508 e. The van der Waals surface area contributed by atoms with Crippen molar-refractivity contribution in [3.05, 3.63) is 70.1 Å². The number of esters is 1. The molecule has 7 heteroatoms. The average Bonchev–Trinajstić information content (AvgIpc) is 2.64. The molecule has 0 bridgehead atoms. The molecule has 3 rings (SSSR count). The zero-order valence-electron chi connectivity index (χ0n) is 14.4. The summed E-state index contributed by atoms with van der Waals surface area (Å²) in [6.45, 7) is 0.942. The molecular formula is C20H16O7. The number of rotatable bonds is 6. The fourth-order valence-corrected chi connectivity index (χ4v) is 2.49. The highest BCUT2D eigenvalue weighted by Gasteiger charge is 2.11. The van der Waals surface area contributed by atoms with Crippen LogP contribution < -0.4 is 10.4 Å². The van der Waals surface area contributed by atoms with Gasteiger partial charge in [0.15, 0.2) is 12.4 Å². The first-order valence-electron chi connectivity index (χ1n) is 8.07. The minimum absolute atomic E-state index is 0.0408. The van der Waals surface area contributed by atoms with E-state index in [1.165, 1.54) is 31.2 Å². The number of benzene rings is 2. The van der Waals surface area contributed by atoms with Crippen molar-refractivity contribution in [2.24, 2.45) is 0 Å². The zero-order chi connectivity index (χ0) is 19.4. The van der Waals surface area contributed by atoms with Gasteiger partial charge in [0.2, 0.25) is 0 Å². The van der Waals surface area contributed by atoms with E-state index in [0.717, 1.165) is 0 Å². The van der Waals surface area contributed by atoms with Gasteiger partial charge < -0.3 is 19.0 Å². The van der Waals surface area contributed by atoms with E-state index in [2.05, 4.69) is 0 Å². The number of Topliss-reactive ketones (excluding diaryl/α,β-unsaturated/α-hetero) is 1. The van der Waals surface area contributed by atoms with E-state index in [0.29, 0.717) is 22.3 Å². The molecule has 0 aliphatic carbocycles. The zero-order valence-corrected chi connectivity index (χ0v) is 14.4. The second-order valence-electron chi connectivity index (χ2n) is 5.80. The number of phenolic OH excluding ortho intramolecular Hbond substituents is 1. The molecule has 0 aliphatic heterocycles. The standard InChI is InChI=1S/C20H16O7/c1-12(21)13-3-2-4-16(7-13)25-11-20(24)26-10-14-8-19(23)27-18-9-15(22)5-6-17(14)18/h2-9,22H,10-11H2,1H3. The Hall–Kier alpha value is -3.61. The Kier molecular flexibility index (Phi) is 5.21. The number of ether oxygens (including phenoxy) is 2. The molecule has 0 unspecified atom stereocenters. The van der Waals surface area contributed by atoms with Crippen LogP contribution in [0.2, 0.25) is 0 Å². The van der Waals surface area contributed by atoms with Gasteiger partial charge in [0.1, 0.15) is 23.7 Å². The number of fused-ring (bicyclic) bond motifs is 1. The van der Waals surface area contributed by atoms with Crippen molar-refractivity contribution in [2.45, 2.75) is 13.5 Å². The molecule has 0 saturated heterocycles. The monoisotopic (exact) mass is 368 g/mol. The number of hydrogen-bond donors (Lipinski definition) is 1. The van der Waals surface area contributed by atoms with Crippen LogP contribution in [0.5, 0.6) is 11.5 Å². The topological polar surface area (TPSA) is 103 Å². The number of carbonyl (C=O) groups excluding carboxylic acids is 2. The van der Waals surface area contributed by atoms with Gasteiger partial charge in [-0.2, -0.15) is 0 Å². The molecule has 1 aromatic heterocycles. The summed E-state index contributed by atoms with van der Waals surface area (Å²) >= 11 is 0. The molecule has 0 atom stereocenters. The lowest BCUT2D eigenvalue weighted by Crippen LogP contribution is -2.15. The van der Waals surface area contributed by atoms with Crippen molar-refractivity contribution in [1.29, 1.82) is 0 Å². The van der Waals surface area contributed by atoms with Gasteiger partial charge in [-0.05, 0) is 31.2 Å². The Balaban J connectivity index is 1.64. The third kappa shape index (κ3) is 4.52. The molecule has 7 nitrogen and oxygen atoms in total. The highest BCUT2D eigenvalue weighted by Crippen LogP contribution is 2.22. The Morgan fingerprint density at radius 3 is 2.70 bits per heavy atom. The molecular weight excluding hydrogens is 352 g/mol. The van der Waals surface area contributed by atoms with Crippen molar-refractivity contribution in [1.82, 2.24) is 0 Å². The van der Waals surface area contributed by atoms with E-state index < -0.39 is 11.6 Å². The number of hydrogen-bond acceptors (Lipinski definition) is 7. The molecule has 0 radical (unpaired) electrons. The first-order valence-corrected chi connectivity index (χ1v) is 8.07. The maximum absolute atomic E-state index is 11.9. The van der Waals surface area contributed by atoms with Gasteiger partial charge in [0.25, 0.3) is 0 Å². The van der Waals surface area contributed by atoms with Gasteiger partial charge in [-0.1, -0.05) is 12.1 Å². The lowest BCUT2D eigenvalue weighted by molar-refractivity contribution is -0.147. The van der Waals surface area contributed by atoms with E-state index in [9.17, 15) is 19.5 Å². The number of phenols is 1. The smallest absolute Gasteiger partial charge is 0.344 e. The van der Waals surface area contributed by atoms with Crippen LogP contribution in [0, 0.1) is 0 Å². The van der Waals surface area contributed by atoms with Gasteiger partial charge in [-0.3, -0.25) is 4.79 Å². The summed E-state index contributed by atoms with van der Waals surface area (Å²) in [5.41, 5.74) is 0.516. The van der Waals surface area contributed by atoms with E-state index in [1.807, 2.05) is 0 Å². The summed E-state index contributed by atoms with van der Waals surface area (Å²) in [5.74, 6) is -0.408. The third-order valence-corrected chi connectivity index (χ3v) is 3.80. The average molecular weight is 368 g/mol. The second-order valence-corrected chi connectivity index (χ2v) is 5.80. The van der Waals surface area contributed by atoms with Gasteiger partial charge in [0, 0.05) is 28.6 Å². The number of carbonyl (C=O) groups is 2. The molecule has 27 heavy (non-hydrogen) atoms. The molecule has 0 fully saturated rings. The normalized spacial score (nSPS) is 10.6. The SMILES string of the molecule is CC(=O)c1cccc(OCC(=O)OCc2cc(=O)oc3cc(O)ccc23)c1. The molecule has 1 heterocycles. The van der Waals surface area contributed by atoms with Crippen LogP contribution in [0.25, 0.3) is 11.0 Å². The summed E-state index contributed by atoms with van der Waals surface area (Å²) < 4.78 is 15.5. The molecule has 3 aromatic rings. The fraction of sp³-hybridized carbons (Fsp3) is 0.150. The van der Waals surface area contributed by atoms with Crippen molar-refractivity contribution >= 4 is 22.7 Å². The first kappa shape index (κ1) is 18.2. The van der Waals surface area contributed by atoms with E-state index in [1.54, 1.807) is 24.3 Å². The van der Waals surface area contributed by atoms with Crippen LogP contribution in [-0.2, 0) is 16.1 Å². The Labute approximate surface area is 153 Å². The maximum Gasteiger partial charge on any atom is 0.344 e. The summed E-state index contributed by atoms with van der Waals surface area (Å²) in [5, 5.41) is 10.0. The molecule has 2 aromatic carbocycles. The molecule has 0 aliphatic rings. The van der Waals surface area contributed by atoms with E-state index in [4.69, 9.17) is 13.9 Å². The summed E-state index contributed by atoms with van der Waals surface area (Å²) in [6, 6.07) is 12.0.